The monoisotopic (exact) mass is 265 g/mol. The molecule has 0 atom stereocenters. The van der Waals surface area contributed by atoms with Crippen LogP contribution in [0.3, 0.4) is 0 Å². The second-order valence-electron chi connectivity index (χ2n) is 5.03. The number of halogens is 1. The highest BCUT2D eigenvalue weighted by molar-refractivity contribution is 6.30. The molecule has 5 heteroatoms. The van der Waals surface area contributed by atoms with Crippen molar-refractivity contribution in [1.82, 2.24) is 14.8 Å². The van der Waals surface area contributed by atoms with Gasteiger partial charge >= 0.3 is 0 Å². The van der Waals surface area contributed by atoms with Crippen molar-refractivity contribution in [3.63, 3.8) is 0 Å². The second kappa shape index (κ2) is 4.98. The van der Waals surface area contributed by atoms with E-state index in [1.807, 2.05) is 16.7 Å². The molecule has 2 aromatic rings. The van der Waals surface area contributed by atoms with Gasteiger partial charge in [0.1, 0.15) is 18.7 Å². The van der Waals surface area contributed by atoms with E-state index >= 15 is 0 Å². The van der Waals surface area contributed by atoms with Crippen molar-refractivity contribution in [2.24, 2.45) is 0 Å². The molecule has 0 aliphatic rings. The van der Waals surface area contributed by atoms with E-state index in [1.54, 1.807) is 18.5 Å². The summed E-state index contributed by atoms with van der Waals surface area (Å²) in [6.07, 6.45) is 1.72. The number of ether oxygens (including phenoxy) is 1. The summed E-state index contributed by atoms with van der Waals surface area (Å²) < 4.78 is 7.66. The van der Waals surface area contributed by atoms with E-state index in [-0.39, 0.29) is 5.54 Å². The fourth-order valence-electron chi connectivity index (χ4n) is 1.60. The van der Waals surface area contributed by atoms with E-state index in [0.29, 0.717) is 11.6 Å². The van der Waals surface area contributed by atoms with Crippen LogP contribution < -0.4 is 4.74 Å². The van der Waals surface area contributed by atoms with Gasteiger partial charge in [-0.25, -0.2) is 0 Å². The fourth-order valence-corrected chi connectivity index (χ4v) is 1.72. The molecule has 0 bridgehead atoms. The highest BCUT2D eigenvalue weighted by atomic mass is 35.5. The summed E-state index contributed by atoms with van der Waals surface area (Å²) in [7, 11) is 0. The highest BCUT2D eigenvalue weighted by Crippen LogP contribution is 2.19. The molecule has 1 heterocycles. The summed E-state index contributed by atoms with van der Waals surface area (Å²) >= 11 is 5.81. The van der Waals surface area contributed by atoms with Crippen LogP contribution in [0.5, 0.6) is 5.75 Å². The first-order valence-corrected chi connectivity index (χ1v) is 6.12. The van der Waals surface area contributed by atoms with Crippen molar-refractivity contribution >= 4 is 11.6 Å². The summed E-state index contributed by atoms with van der Waals surface area (Å²) in [4.78, 5) is 0. The standard InChI is InChI=1S/C13H16ClN3O/c1-13(2,3)17-9-15-16-12(17)8-18-11-6-4-10(14)5-7-11/h4-7,9H,8H2,1-3H3. The van der Waals surface area contributed by atoms with Gasteiger partial charge in [0.2, 0.25) is 0 Å². The lowest BCUT2D eigenvalue weighted by Gasteiger charge is -2.22. The van der Waals surface area contributed by atoms with Crippen LogP contribution in [0.15, 0.2) is 30.6 Å². The van der Waals surface area contributed by atoms with Crippen molar-refractivity contribution in [2.45, 2.75) is 32.9 Å². The molecule has 0 fully saturated rings. The molecule has 18 heavy (non-hydrogen) atoms. The first-order chi connectivity index (χ1) is 8.47. The summed E-state index contributed by atoms with van der Waals surface area (Å²) in [5.41, 5.74) is -0.0534. The Kier molecular flexibility index (Phi) is 3.57. The van der Waals surface area contributed by atoms with Crippen LogP contribution >= 0.6 is 11.6 Å². The van der Waals surface area contributed by atoms with E-state index in [1.165, 1.54) is 0 Å². The molecule has 0 N–H and O–H groups in total. The van der Waals surface area contributed by atoms with Crippen LogP contribution in [0, 0.1) is 0 Å². The zero-order valence-corrected chi connectivity index (χ0v) is 11.5. The first kappa shape index (κ1) is 12.9. The third kappa shape index (κ3) is 3.01. The average Bonchev–Trinajstić information content (AvgIpc) is 2.76. The molecule has 0 unspecified atom stereocenters. The van der Waals surface area contributed by atoms with Gasteiger partial charge in [-0.15, -0.1) is 10.2 Å². The largest absolute Gasteiger partial charge is 0.486 e. The SMILES string of the molecule is CC(C)(C)n1cnnc1COc1ccc(Cl)cc1. The smallest absolute Gasteiger partial charge is 0.171 e. The van der Waals surface area contributed by atoms with Crippen molar-refractivity contribution in [3.8, 4) is 5.75 Å². The Morgan fingerprint density at radius 2 is 1.89 bits per heavy atom. The van der Waals surface area contributed by atoms with Gasteiger partial charge in [-0.1, -0.05) is 11.6 Å². The Bertz CT molecular complexity index is 514. The van der Waals surface area contributed by atoms with Crippen LogP contribution in [0.4, 0.5) is 0 Å². The van der Waals surface area contributed by atoms with E-state index < -0.39 is 0 Å². The van der Waals surface area contributed by atoms with E-state index in [2.05, 4.69) is 31.0 Å². The second-order valence-corrected chi connectivity index (χ2v) is 5.47. The van der Waals surface area contributed by atoms with E-state index in [0.717, 1.165) is 11.6 Å². The maximum absolute atomic E-state index is 5.81. The van der Waals surface area contributed by atoms with Gasteiger partial charge in [0.15, 0.2) is 5.82 Å². The summed E-state index contributed by atoms with van der Waals surface area (Å²) in [5, 5.41) is 8.70. The van der Waals surface area contributed by atoms with Gasteiger partial charge in [0.25, 0.3) is 0 Å². The van der Waals surface area contributed by atoms with Gasteiger partial charge in [-0.05, 0) is 45.0 Å². The van der Waals surface area contributed by atoms with Crippen LogP contribution in [0.25, 0.3) is 0 Å². The van der Waals surface area contributed by atoms with Crippen molar-refractivity contribution in [1.29, 1.82) is 0 Å². The fraction of sp³-hybridized carbons (Fsp3) is 0.385. The third-order valence-electron chi connectivity index (χ3n) is 2.52. The Morgan fingerprint density at radius 1 is 1.22 bits per heavy atom. The Morgan fingerprint density at radius 3 is 2.50 bits per heavy atom. The lowest BCUT2D eigenvalue weighted by atomic mass is 10.1. The van der Waals surface area contributed by atoms with E-state index in [9.17, 15) is 0 Å². The van der Waals surface area contributed by atoms with Gasteiger partial charge in [0.05, 0.1) is 0 Å². The molecular formula is C13H16ClN3O. The highest BCUT2D eigenvalue weighted by Gasteiger charge is 2.17. The Balaban J connectivity index is 2.07. The molecule has 96 valence electrons. The Hall–Kier alpha value is -1.55. The average molecular weight is 266 g/mol. The normalized spacial score (nSPS) is 11.6. The first-order valence-electron chi connectivity index (χ1n) is 5.74. The minimum absolute atomic E-state index is 0.0534. The van der Waals surface area contributed by atoms with Crippen LogP contribution in [0.2, 0.25) is 5.02 Å². The van der Waals surface area contributed by atoms with Gasteiger partial charge < -0.3 is 9.30 Å². The van der Waals surface area contributed by atoms with Crippen LogP contribution in [-0.4, -0.2) is 14.8 Å². The predicted molar refractivity (Wildman–Crippen MR) is 70.8 cm³/mol. The lowest BCUT2D eigenvalue weighted by Crippen LogP contribution is -2.24. The van der Waals surface area contributed by atoms with Gasteiger partial charge in [-0.2, -0.15) is 0 Å². The number of nitrogens with zero attached hydrogens (tertiary/aromatic N) is 3. The summed E-state index contributed by atoms with van der Waals surface area (Å²) in [5.74, 6) is 1.57. The molecule has 4 nitrogen and oxygen atoms in total. The van der Waals surface area contributed by atoms with Gasteiger partial charge in [0, 0.05) is 10.6 Å². The maximum atomic E-state index is 5.81. The number of rotatable bonds is 3. The zero-order chi connectivity index (χ0) is 13.2. The minimum atomic E-state index is -0.0534. The number of aromatic nitrogens is 3. The maximum Gasteiger partial charge on any atom is 0.171 e. The summed E-state index contributed by atoms with van der Waals surface area (Å²) in [6, 6.07) is 7.26. The van der Waals surface area contributed by atoms with Gasteiger partial charge in [-0.3, -0.25) is 0 Å². The van der Waals surface area contributed by atoms with Crippen molar-refractivity contribution in [2.75, 3.05) is 0 Å². The van der Waals surface area contributed by atoms with Crippen LogP contribution in [0.1, 0.15) is 26.6 Å². The summed E-state index contributed by atoms with van der Waals surface area (Å²) in [6.45, 7) is 6.69. The molecule has 2 rings (SSSR count). The minimum Gasteiger partial charge on any atom is -0.486 e. The number of hydrogen-bond donors (Lipinski definition) is 0. The molecule has 0 saturated carbocycles. The molecule has 0 spiro atoms. The van der Waals surface area contributed by atoms with E-state index in [4.69, 9.17) is 16.3 Å². The molecule has 0 aliphatic carbocycles. The van der Waals surface area contributed by atoms with Crippen molar-refractivity contribution in [3.05, 3.63) is 41.4 Å². The predicted octanol–water partition coefficient (Wildman–Crippen LogP) is 3.27. The van der Waals surface area contributed by atoms with Crippen molar-refractivity contribution < 1.29 is 4.74 Å². The zero-order valence-electron chi connectivity index (χ0n) is 10.7. The Labute approximate surface area is 112 Å². The number of benzene rings is 1. The molecule has 1 aromatic heterocycles. The topological polar surface area (TPSA) is 39.9 Å². The third-order valence-corrected chi connectivity index (χ3v) is 2.77. The molecule has 0 amide bonds. The molecule has 0 aliphatic heterocycles. The number of hydrogen-bond acceptors (Lipinski definition) is 3. The quantitative estimate of drug-likeness (QED) is 0.855. The molecule has 0 saturated heterocycles. The van der Waals surface area contributed by atoms with Crippen LogP contribution in [-0.2, 0) is 12.1 Å². The molecule has 1 aromatic carbocycles. The molecular weight excluding hydrogens is 250 g/mol. The molecule has 0 radical (unpaired) electrons. The lowest BCUT2D eigenvalue weighted by molar-refractivity contribution is 0.271.